The molecule has 31 heavy (non-hydrogen) atoms. The minimum atomic E-state index is -0.647. The van der Waals surface area contributed by atoms with Crippen LogP contribution in [0.5, 0.6) is 0 Å². The summed E-state index contributed by atoms with van der Waals surface area (Å²) >= 11 is 7.36. The molecule has 0 amide bonds. The first-order chi connectivity index (χ1) is 14.9. The summed E-state index contributed by atoms with van der Waals surface area (Å²) in [5.41, 5.74) is 2.25. The van der Waals surface area contributed by atoms with Crippen LogP contribution in [0.15, 0.2) is 57.6 Å². The van der Waals surface area contributed by atoms with Gasteiger partial charge in [0.15, 0.2) is 4.80 Å². The standard InChI is InChI=1S/C22H21ClN4O3S/c1-4-26-16(10-11-24-26)12-17-20(28)27-19(14-6-8-15(23)9-7-14)18(21(29)30-5-2)13(3)25-22(27)31-17/h6-12,19H,4-5H2,1-3H3/b17-12+/t19-/m0/s1. The molecule has 1 aliphatic heterocycles. The maximum Gasteiger partial charge on any atom is 0.338 e. The number of aryl methyl sites for hydroxylation is 1. The molecule has 7 nitrogen and oxygen atoms in total. The highest BCUT2D eigenvalue weighted by molar-refractivity contribution is 7.07. The molecule has 1 atom stereocenters. The zero-order valence-electron chi connectivity index (χ0n) is 17.3. The molecule has 3 aromatic rings. The molecule has 0 bridgehead atoms. The highest BCUT2D eigenvalue weighted by atomic mass is 35.5. The van der Waals surface area contributed by atoms with Gasteiger partial charge in [-0.25, -0.2) is 9.79 Å². The number of rotatable bonds is 5. The number of ether oxygens (including phenoxy) is 1. The van der Waals surface area contributed by atoms with Crippen LogP contribution in [0.1, 0.15) is 38.1 Å². The predicted octanol–water partition coefficient (Wildman–Crippen LogP) is 2.67. The third-order valence-electron chi connectivity index (χ3n) is 5.03. The minimum absolute atomic E-state index is 0.221. The molecule has 0 saturated carbocycles. The number of carbonyl (C=O) groups excluding carboxylic acids is 1. The second-order valence-corrected chi connectivity index (χ2v) is 8.37. The van der Waals surface area contributed by atoms with Crippen molar-refractivity contribution in [1.29, 1.82) is 0 Å². The number of esters is 1. The maximum atomic E-state index is 13.5. The smallest absolute Gasteiger partial charge is 0.338 e. The van der Waals surface area contributed by atoms with Crippen LogP contribution in [0.4, 0.5) is 0 Å². The number of nitrogens with zero attached hydrogens (tertiary/aromatic N) is 4. The van der Waals surface area contributed by atoms with Gasteiger partial charge >= 0.3 is 5.97 Å². The van der Waals surface area contributed by atoms with Crippen molar-refractivity contribution < 1.29 is 9.53 Å². The summed E-state index contributed by atoms with van der Waals surface area (Å²) in [6.07, 6.45) is 3.51. The molecule has 1 aliphatic rings. The van der Waals surface area contributed by atoms with Crippen LogP contribution < -0.4 is 14.9 Å². The van der Waals surface area contributed by atoms with Crippen LogP contribution in [0.3, 0.4) is 0 Å². The zero-order valence-corrected chi connectivity index (χ0v) is 18.9. The van der Waals surface area contributed by atoms with Crippen LogP contribution in [-0.4, -0.2) is 26.9 Å². The van der Waals surface area contributed by atoms with Gasteiger partial charge in [-0.2, -0.15) is 5.10 Å². The summed E-state index contributed by atoms with van der Waals surface area (Å²) in [4.78, 5) is 31.4. The van der Waals surface area contributed by atoms with Crippen molar-refractivity contribution in [3.63, 3.8) is 0 Å². The van der Waals surface area contributed by atoms with E-state index in [9.17, 15) is 9.59 Å². The van der Waals surface area contributed by atoms with Crippen LogP contribution in [0.25, 0.3) is 6.08 Å². The molecule has 4 rings (SSSR count). The molecule has 0 aliphatic carbocycles. The van der Waals surface area contributed by atoms with Gasteiger partial charge in [-0.15, -0.1) is 0 Å². The summed E-state index contributed by atoms with van der Waals surface area (Å²) in [6, 6.07) is 8.32. The van der Waals surface area contributed by atoms with Crippen LogP contribution in [-0.2, 0) is 16.1 Å². The van der Waals surface area contributed by atoms with Crippen molar-refractivity contribution in [2.45, 2.75) is 33.4 Å². The minimum Gasteiger partial charge on any atom is -0.463 e. The van der Waals surface area contributed by atoms with E-state index in [0.717, 1.165) is 11.3 Å². The Morgan fingerprint density at radius 1 is 1.26 bits per heavy atom. The zero-order chi connectivity index (χ0) is 22.1. The fourth-order valence-corrected chi connectivity index (χ4v) is 4.77. The third-order valence-corrected chi connectivity index (χ3v) is 6.27. The van der Waals surface area contributed by atoms with E-state index < -0.39 is 12.0 Å². The molecular formula is C22H21ClN4O3S. The van der Waals surface area contributed by atoms with Gasteiger partial charge in [-0.1, -0.05) is 35.1 Å². The van der Waals surface area contributed by atoms with Crippen LogP contribution in [0.2, 0.25) is 5.02 Å². The lowest BCUT2D eigenvalue weighted by atomic mass is 9.96. The van der Waals surface area contributed by atoms with E-state index in [-0.39, 0.29) is 12.2 Å². The number of carbonyl (C=O) groups is 1. The summed E-state index contributed by atoms with van der Waals surface area (Å²) in [5, 5.41) is 4.83. The Kier molecular flexibility index (Phi) is 5.93. The molecule has 0 saturated heterocycles. The molecule has 9 heteroatoms. The van der Waals surface area contributed by atoms with Gasteiger partial charge in [-0.05, 0) is 50.6 Å². The Bertz CT molecular complexity index is 1350. The van der Waals surface area contributed by atoms with E-state index in [1.165, 1.54) is 11.3 Å². The van der Waals surface area contributed by atoms with Crippen molar-refractivity contribution in [3.8, 4) is 0 Å². The van der Waals surface area contributed by atoms with Gasteiger partial charge in [-0.3, -0.25) is 14.0 Å². The highest BCUT2D eigenvalue weighted by Crippen LogP contribution is 2.31. The van der Waals surface area contributed by atoms with Crippen molar-refractivity contribution in [3.05, 3.63) is 83.8 Å². The molecule has 0 N–H and O–H groups in total. The topological polar surface area (TPSA) is 78.5 Å². The summed E-state index contributed by atoms with van der Waals surface area (Å²) in [6.45, 7) is 6.42. The number of hydrogen-bond acceptors (Lipinski definition) is 6. The van der Waals surface area contributed by atoms with Gasteiger partial charge in [0, 0.05) is 17.8 Å². The summed E-state index contributed by atoms with van der Waals surface area (Å²) in [7, 11) is 0. The monoisotopic (exact) mass is 456 g/mol. The lowest BCUT2D eigenvalue weighted by Crippen LogP contribution is -2.40. The number of fused-ring (bicyclic) bond motifs is 1. The molecule has 160 valence electrons. The molecule has 0 radical (unpaired) electrons. The second-order valence-electron chi connectivity index (χ2n) is 6.93. The average molecular weight is 457 g/mol. The van der Waals surface area contributed by atoms with E-state index >= 15 is 0 Å². The molecule has 0 spiro atoms. The molecule has 1 aromatic carbocycles. The Balaban J connectivity index is 1.96. The van der Waals surface area contributed by atoms with E-state index in [0.29, 0.717) is 32.2 Å². The lowest BCUT2D eigenvalue weighted by Gasteiger charge is -2.24. The molecular weight excluding hydrogens is 436 g/mol. The molecule has 3 heterocycles. The lowest BCUT2D eigenvalue weighted by molar-refractivity contribution is -0.139. The fourth-order valence-electron chi connectivity index (χ4n) is 3.62. The Morgan fingerprint density at radius 2 is 2.00 bits per heavy atom. The summed E-state index contributed by atoms with van der Waals surface area (Å²) in [5.74, 6) is -0.484. The first-order valence-corrected chi connectivity index (χ1v) is 11.1. The van der Waals surface area contributed by atoms with Crippen LogP contribution in [0, 0.1) is 0 Å². The first kappa shape index (κ1) is 21.3. The van der Waals surface area contributed by atoms with Gasteiger partial charge < -0.3 is 4.74 Å². The average Bonchev–Trinajstić information content (AvgIpc) is 3.32. The predicted molar refractivity (Wildman–Crippen MR) is 120 cm³/mol. The SMILES string of the molecule is CCOC(=O)C1=C(C)N=c2s/c(=C/c3ccnn3CC)c(=O)n2[C@H]1c1ccc(Cl)cc1. The molecule has 0 fully saturated rings. The summed E-state index contributed by atoms with van der Waals surface area (Å²) < 4.78 is 9.18. The number of allylic oxidation sites excluding steroid dienone is 1. The van der Waals surface area contributed by atoms with Gasteiger partial charge in [0.1, 0.15) is 0 Å². The van der Waals surface area contributed by atoms with Crippen molar-refractivity contribution >= 4 is 35.0 Å². The first-order valence-electron chi connectivity index (χ1n) is 9.91. The number of halogens is 1. The van der Waals surface area contributed by atoms with Crippen molar-refractivity contribution in [2.24, 2.45) is 4.99 Å². The number of aromatic nitrogens is 3. The Hall–Kier alpha value is -2.97. The van der Waals surface area contributed by atoms with Crippen molar-refractivity contribution in [1.82, 2.24) is 14.3 Å². The fraction of sp³-hybridized carbons (Fsp3) is 0.273. The Morgan fingerprint density at radius 3 is 2.68 bits per heavy atom. The largest absolute Gasteiger partial charge is 0.463 e. The highest BCUT2D eigenvalue weighted by Gasteiger charge is 2.33. The van der Waals surface area contributed by atoms with Gasteiger partial charge in [0.2, 0.25) is 0 Å². The molecule has 0 unspecified atom stereocenters. The Labute approximate surface area is 187 Å². The van der Waals surface area contributed by atoms with E-state index in [4.69, 9.17) is 16.3 Å². The normalized spacial score (nSPS) is 16.3. The van der Waals surface area contributed by atoms with Crippen LogP contribution >= 0.6 is 22.9 Å². The van der Waals surface area contributed by atoms with Gasteiger partial charge in [0.05, 0.1) is 34.1 Å². The van der Waals surface area contributed by atoms with E-state index in [2.05, 4.69) is 10.1 Å². The maximum absolute atomic E-state index is 13.5. The number of thiazole rings is 1. The van der Waals surface area contributed by atoms with Crippen molar-refractivity contribution in [2.75, 3.05) is 6.61 Å². The third kappa shape index (κ3) is 3.88. The van der Waals surface area contributed by atoms with Gasteiger partial charge in [0.25, 0.3) is 5.56 Å². The van der Waals surface area contributed by atoms with E-state index in [1.54, 1.807) is 36.7 Å². The second kappa shape index (κ2) is 8.64. The van der Waals surface area contributed by atoms with E-state index in [1.807, 2.05) is 35.9 Å². The number of benzene rings is 1. The number of hydrogen-bond donors (Lipinski definition) is 0. The molecule has 2 aromatic heterocycles. The quantitative estimate of drug-likeness (QED) is 0.553.